The lowest BCUT2D eigenvalue weighted by molar-refractivity contribution is 0.322. The second kappa shape index (κ2) is 5.79. The second-order valence-electron chi connectivity index (χ2n) is 5.49. The first-order valence-electron chi connectivity index (χ1n) is 7.38. The average molecular weight is 295 g/mol. The van der Waals surface area contributed by atoms with E-state index in [0.29, 0.717) is 19.0 Å². The van der Waals surface area contributed by atoms with Gasteiger partial charge in [0, 0.05) is 18.7 Å². The Morgan fingerprint density at radius 3 is 2.68 bits per heavy atom. The average Bonchev–Trinajstić information content (AvgIpc) is 2.51. The topological polar surface area (TPSA) is 93.7 Å². The molecule has 1 heterocycles. The highest BCUT2D eigenvalue weighted by Gasteiger charge is 2.25. The molecule has 5 nitrogen and oxygen atoms in total. The van der Waals surface area contributed by atoms with Crippen LogP contribution in [0, 0.1) is 6.92 Å². The lowest BCUT2D eigenvalue weighted by Crippen LogP contribution is -2.47. The summed E-state index contributed by atoms with van der Waals surface area (Å²) >= 11 is 0. The first-order valence-corrected chi connectivity index (χ1v) is 7.38. The van der Waals surface area contributed by atoms with Crippen molar-refractivity contribution in [3.63, 3.8) is 0 Å². The predicted octanol–water partition coefficient (Wildman–Crippen LogP) is 1.84. The van der Waals surface area contributed by atoms with E-state index in [1.165, 1.54) is 11.1 Å². The maximum Gasteiger partial charge on any atom is 0.198 e. The molecule has 1 aliphatic rings. The van der Waals surface area contributed by atoms with Gasteiger partial charge in [-0.1, -0.05) is 36.4 Å². The van der Waals surface area contributed by atoms with Crippen molar-refractivity contribution in [3.05, 3.63) is 53.6 Å². The largest absolute Gasteiger partial charge is 0.369 e. The highest BCUT2D eigenvalue weighted by atomic mass is 15.3. The number of fused-ring (bicyclic) bond motifs is 1. The van der Waals surface area contributed by atoms with Crippen LogP contribution in [0.15, 0.2) is 47.5 Å². The zero-order valence-electron chi connectivity index (χ0n) is 12.7. The van der Waals surface area contributed by atoms with Crippen molar-refractivity contribution >= 4 is 11.6 Å². The van der Waals surface area contributed by atoms with Crippen LogP contribution >= 0.6 is 0 Å². The number of benzene rings is 2. The van der Waals surface area contributed by atoms with E-state index in [4.69, 9.17) is 17.2 Å². The van der Waals surface area contributed by atoms with Gasteiger partial charge in [0.25, 0.3) is 0 Å². The summed E-state index contributed by atoms with van der Waals surface area (Å²) < 4.78 is 0. The third-order valence-electron chi connectivity index (χ3n) is 4.04. The molecule has 0 radical (unpaired) electrons. The number of guanidine groups is 1. The standard InChI is InChI=1S/C17H21N5/c1-11-4-2-3-5-13(11)12-6-7-14-15(10-12)21-17(20)22(9-8-18)16(14)19/h2-7,10,16H,8-9,18-19H2,1H3,(H2,20,21). The van der Waals surface area contributed by atoms with E-state index >= 15 is 0 Å². The zero-order valence-corrected chi connectivity index (χ0v) is 12.7. The fourth-order valence-electron chi connectivity index (χ4n) is 2.85. The number of rotatable bonds is 3. The number of hydrogen-bond donors (Lipinski definition) is 3. The molecule has 22 heavy (non-hydrogen) atoms. The Hall–Kier alpha value is -2.37. The molecule has 2 aromatic rings. The monoisotopic (exact) mass is 295 g/mol. The fraction of sp³-hybridized carbons (Fsp3) is 0.235. The molecule has 0 spiro atoms. The molecule has 5 heteroatoms. The van der Waals surface area contributed by atoms with Crippen molar-refractivity contribution in [2.45, 2.75) is 13.1 Å². The number of nitrogens with zero attached hydrogens (tertiary/aromatic N) is 2. The van der Waals surface area contributed by atoms with E-state index in [-0.39, 0.29) is 6.17 Å². The van der Waals surface area contributed by atoms with Gasteiger partial charge in [-0.15, -0.1) is 0 Å². The Balaban J connectivity index is 2.05. The number of nitrogens with two attached hydrogens (primary N) is 3. The van der Waals surface area contributed by atoms with E-state index in [0.717, 1.165) is 16.8 Å². The molecule has 0 aromatic heterocycles. The van der Waals surface area contributed by atoms with Crippen molar-refractivity contribution in [2.75, 3.05) is 13.1 Å². The van der Waals surface area contributed by atoms with Gasteiger partial charge >= 0.3 is 0 Å². The molecule has 1 unspecified atom stereocenters. The maximum atomic E-state index is 6.30. The van der Waals surface area contributed by atoms with Gasteiger partial charge in [0.1, 0.15) is 6.17 Å². The molecule has 0 saturated heterocycles. The molecule has 0 bridgehead atoms. The summed E-state index contributed by atoms with van der Waals surface area (Å²) in [6.45, 7) is 3.18. The van der Waals surface area contributed by atoms with Gasteiger partial charge < -0.3 is 22.1 Å². The predicted molar refractivity (Wildman–Crippen MR) is 90.6 cm³/mol. The number of aliphatic imine (C=N–C) groups is 1. The summed E-state index contributed by atoms with van der Waals surface area (Å²) in [6, 6.07) is 14.4. The van der Waals surface area contributed by atoms with Crippen LogP contribution in [0.2, 0.25) is 0 Å². The van der Waals surface area contributed by atoms with Crippen LogP contribution < -0.4 is 17.2 Å². The Kier molecular flexibility index (Phi) is 3.83. The molecule has 2 aromatic carbocycles. The van der Waals surface area contributed by atoms with Crippen molar-refractivity contribution < 1.29 is 0 Å². The van der Waals surface area contributed by atoms with E-state index in [1.54, 1.807) is 0 Å². The molecule has 0 aliphatic carbocycles. The van der Waals surface area contributed by atoms with Crippen molar-refractivity contribution in [1.29, 1.82) is 0 Å². The lowest BCUT2D eigenvalue weighted by Gasteiger charge is -2.34. The van der Waals surface area contributed by atoms with Crippen LogP contribution in [0.25, 0.3) is 11.1 Å². The van der Waals surface area contributed by atoms with Crippen LogP contribution in [-0.4, -0.2) is 23.9 Å². The van der Waals surface area contributed by atoms with Crippen molar-refractivity contribution in [3.8, 4) is 11.1 Å². The minimum atomic E-state index is -0.304. The van der Waals surface area contributed by atoms with Crippen LogP contribution in [-0.2, 0) is 0 Å². The highest BCUT2D eigenvalue weighted by molar-refractivity contribution is 5.85. The minimum Gasteiger partial charge on any atom is -0.369 e. The normalized spacial score (nSPS) is 17.1. The first-order chi connectivity index (χ1) is 10.6. The lowest BCUT2D eigenvalue weighted by atomic mass is 9.97. The molecule has 3 rings (SSSR count). The fourth-order valence-corrected chi connectivity index (χ4v) is 2.85. The van der Waals surface area contributed by atoms with E-state index < -0.39 is 0 Å². The molecule has 0 saturated carbocycles. The van der Waals surface area contributed by atoms with Crippen molar-refractivity contribution in [2.24, 2.45) is 22.2 Å². The minimum absolute atomic E-state index is 0.304. The molecule has 0 fully saturated rings. The summed E-state index contributed by atoms with van der Waals surface area (Å²) in [7, 11) is 0. The second-order valence-corrected chi connectivity index (χ2v) is 5.49. The third kappa shape index (κ3) is 2.45. The Morgan fingerprint density at radius 2 is 1.95 bits per heavy atom. The molecule has 0 amide bonds. The molecular weight excluding hydrogens is 274 g/mol. The first kappa shape index (κ1) is 14.6. The summed E-state index contributed by atoms with van der Waals surface area (Å²) in [5.41, 5.74) is 23.3. The number of aryl methyl sites for hydroxylation is 1. The van der Waals surface area contributed by atoms with Gasteiger partial charge in [-0.05, 0) is 29.7 Å². The van der Waals surface area contributed by atoms with Crippen LogP contribution in [0.1, 0.15) is 17.3 Å². The molecule has 1 aliphatic heterocycles. The summed E-state index contributed by atoms with van der Waals surface area (Å²) in [5.74, 6) is 0.424. The van der Waals surface area contributed by atoms with Crippen LogP contribution in [0.3, 0.4) is 0 Å². The van der Waals surface area contributed by atoms with Gasteiger partial charge in [-0.3, -0.25) is 0 Å². The highest BCUT2D eigenvalue weighted by Crippen LogP contribution is 2.35. The molecular formula is C17H21N5. The molecule has 114 valence electrons. The van der Waals surface area contributed by atoms with E-state index in [2.05, 4.69) is 30.1 Å². The van der Waals surface area contributed by atoms with Crippen LogP contribution in [0.5, 0.6) is 0 Å². The smallest absolute Gasteiger partial charge is 0.198 e. The van der Waals surface area contributed by atoms with Gasteiger partial charge in [-0.25, -0.2) is 4.99 Å². The van der Waals surface area contributed by atoms with Gasteiger partial charge in [0.15, 0.2) is 5.96 Å². The van der Waals surface area contributed by atoms with Gasteiger partial charge in [0.05, 0.1) is 5.69 Å². The number of hydrogen-bond acceptors (Lipinski definition) is 5. The molecule has 1 atom stereocenters. The SMILES string of the molecule is Cc1ccccc1-c1ccc2c(c1)N=C(N)N(CCN)C2N. The van der Waals surface area contributed by atoms with Crippen LogP contribution in [0.4, 0.5) is 5.69 Å². The summed E-state index contributed by atoms with van der Waals surface area (Å²) in [6.07, 6.45) is -0.304. The summed E-state index contributed by atoms with van der Waals surface area (Å²) in [5, 5.41) is 0. The third-order valence-corrected chi connectivity index (χ3v) is 4.04. The Bertz CT molecular complexity index is 723. The van der Waals surface area contributed by atoms with Crippen molar-refractivity contribution in [1.82, 2.24) is 4.90 Å². The van der Waals surface area contributed by atoms with E-state index in [9.17, 15) is 0 Å². The molecule has 6 N–H and O–H groups in total. The summed E-state index contributed by atoms with van der Waals surface area (Å²) in [4.78, 5) is 6.33. The van der Waals surface area contributed by atoms with Gasteiger partial charge in [-0.2, -0.15) is 0 Å². The quantitative estimate of drug-likeness (QED) is 0.805. The Morgan fingerprint density at radius 1 is 1.18 bits per heavy atom. The van der Waals surface area contributed by atoms with E-state index in [1.807, 2.05) is 29.2 Å². The zero-order chi connectivity index (χ0) is 15.7. The van der Waals surface area contributed by atoms with Gasteiger partial charge in [0.2, 0.25) is 0 Å². The Labute approximate surface area is 130 Å². The maximum absolute atomic E-state index is 6.30.